The van der Waals surface area contributed by atoms with E-state index in [0.717, 1.165) is 19.4 Å². The van der Waals surface area contributed by atoms with Crippen molar-refractivity contribution < 1.29 is 14.3 Å². The maximum atomic E-state index is 12.4. The summed E-state index contributed by atoms with van der Waals surface area (Å²) in [7, 11) is 1.60. The Hall–Kier alpha value is -1.55. The van der Waals surface area contributed by atoms with E-state index in [2.05, 4.69) is 12.2 Å². The number of ketones is 1. The van der Waals surface area contributed by atoms with E-state index in [-0.39, 0.29) is 11.7 Å². The molecule has 0 fully saturated rings. The third kappa shape index (κ3) is 3.26. The van der Waals surface area contributed by atoms with Crippen LogP contribution in [0, 0.1) is 5.92 Å². The standard InChI is InChI=1S/C15H21NO3/c1-3-4-7-16-9-11-10-19-14-6-5-12(18-2)8-13(14)15(11)17/h5-6,8,11,16H,3-4,7,9-10H2,1-2H3. The number of hydrogen-bond donors (Lipinski definition) is 1. The molecule has 4 nitrogen and oxygen atoms in total. The van der Waals surface area contributed by atoms with Crippen molar-refractivity contribution in [3.63, 3.8) is 0 Å². The number of benzene rings is 1. The summed E-state index contributed by atoms with van der Waals surface area (Å²) >= 11 is 0. The summed E-state index contributed by atoms with van der Waals surface area (Å²) in [5.74, 6) is 1.39. The predicted octanol–water partition coefficient (Wildman–Crippen LogP) is 2.28. The van der Waals surface area contributed by atoms with E-state index in [4.69, 9.17) is 9.47 Å². The molecule has 0 amide bonds. The molecule has 0 bridgehead atoms. The van der Waals surface area contributed by atoms with Gasteiger partial charge in [0.25, 0.3) is 0 Å². The molecule has 0 saturated heterocycles. The molecule has 1 aromatic carbocycles. The van der Waals surface area contributed by atoms with Gasteiger partial charge in [0.05, 0.1) is 25.2 Å². The Labute approximate surface area is 114 Å². The number of Topliss-reactive ketones (excluding diaryl/α,β-unsaturated/α-hetero) is 1. The molecule has 1 unspecified atom stereocenters. The minimum atomic E-state index is -0.100. The van der Waals surface area contributed by atoms with Crippen molar-refractivity contribution in [2.45, 2.75) is 19.8 Å². The summed E-state index contributed by atoms with van der Waals surface area (Å²) in [6.07, 6.45) is 2.29. The lowest BCUT2D eigenvalue weighted by molar-refractivity contribution is 0.0829. The summed E-state index contributed by atoms with van der Waals surface area (Å²) in [6.45, 7) is 4.23. The van der Waals surface area contributed by atoms with Gasteiger partial charge in [-0.3, -0.25) is 4.79 Å². The first kappa shape index (κ1) is 13.9. The van der Waals surface area contributed by atoms with Crippen LogP contribution in [0.5, 0.6) is 11.5 Å². The highest BCUT2D eigenvalue weighted by molar-refractivity contribution is 6.01. The van der Waals surface area contributed by atoms with Crippen LogP contribution in [0.25, 0.3) is 0 Å². The zero-order chi connectivity index (χ0) is 13.7. The zero-order valence-corrected chi connectivity index (χ0v) is 11.6. The van der Waals surface area contributed by atoms with Crippen molar-refractivity contribution in [1.29, 1.82) is 0 Å². The topological polar surface area (TPSA) is 47.6 Å². The van der Waals surface area contributed by atoms with Gasteiger partial charge in [0.2, 0.25) is 0 Å². The lowest BCUT2D eigenvalue weighted by atomic mass is 9.95. The summed E-state index contributed by atoms with van der Waals surface area (Å²) in [5.41, 5.74) is 0.632. The lowest BCUT2D eigenvalue weighted by Gasteiger charge is -2.24. The van der Waals surface area contributed by atoms with Crippen LogP contribution in [0.1, 0.15) is 30.1 Å². The molecule has 0 spiro atoms. The van der Waals surface area contributed by atoms with Crippen LogP contribution in [0.15, 0.2) is 18.2 Å². The van der Waals surface area contributed by atoms with E-state index in [1.165, 1.54) is 0 Å². The third-order valence-corrected chi connectivity index (χ3v) is 3.36. The van der Waals surface area contributed by atoms with E-state index in [0.29, 0.717) is 30.2 Å². The molecule has 0 aliphatic carbocycles. The molecule has 0 saturated carbocycles. The van der Waals surface area contributed by atoms with Crippen LogP contribution in [0.4, 0.5) is 0 Å². The van der Waals surface area contributed by atoms with Gasteiger partial charge in [-0.2, -0.15) is 0 Å². The molecule has 2 rings (SSSR count). The van der Waals surface area contributed by atoms with Gasteiger partial charge in [-0.15, -0.1) is 0 Å². The second-order valence-electron chi connectivity index (χ2n) is 4.79. The molecular formula is C15H21NO3. The Morgan fingerprint density at radius 3 is 3.05 bits per heavy atom. The minimum Gasteiger partial charge on any atom is -0.497 e. The number of unbranched alkanes of at least 4 members (excludes halogenated alkanes) is 1. The van der Waals surface area contributed by atoms with Crippen molar-refractivity contribution in [2.24, 2.45) is 5.92 Å². The van der Waals surface area contributed by atoms with Crippen LogP contribution in [0.3, 0.4) is 0 Å². The molecule has 1 atom stereocenters. The first-order valence-electron chi connectivity index (χ1n) is 6.82. The fourth-order valence-corrected chi connectivity index (χ4v) is 2.17. The monoisotopic (exact) mass is 263 g/mol. The minimum absolute atomic E-state index is 0.100. The molecule has 4 heteroatoms. The van der Waals surface area contributed by atoms with E-state index in [9.17, 15) is 4.79 Å². The quantitative estimate of drug-likeness (QED) is 0.800. The normalized spacial score (nSPS) is 17.8. The second-order valence-corrected chi connectivity index (χ2v) is 4.79. The van der Waals surface area contributed by atoms with Gasteiger partial charge in [-0.25, -0.2) is 0 Å². The van der Waals surface area contributed by atoms with Gasteiger partial charge >= 0.3 is 0 Å². The Balaban J connectivity index is 2.01. The van der Waals surface area contributed by atoms with Gasteiger partial charge in [-0.05, 0) is 31.2 Å². The van der Waals surface area contributed by atoms with Crippen molar-refractivity contribution >= 4 is 5.78 Å². The highest BCUT2D eigenvalue weighted by Gasteiger charge is 2.28. The summed E-state index contributed by atoms with van der Waals surface area (Å²) in [4.78, 5) is 12.4. The SMILES string of the molecule is CCCCNCC1COc2ccc(OC)cc2C1=O. The molecule has 1 N–H and O–H groups in total. The van der Waals surface area contributed by atoms with E-state index < -0.39 is 0 Å². The van der Waals surface area contributed by atoms with Crippen molar-refractivity contribution in [3.05, 3.63) is 23.8 Å². The van der Waals surface area contributed by atoms with Crippen LogP contribution in [0.2, 0.25) is 0 Å². The number of nitrogens with one attached hydrogen (secondary N) is 1. The number of hydrogen-bond acceptors (Lipinski definition) is 4. The van der Waals surface area contributed by atoms with Crippen molar-refractivity contribution in [1.82, 2.24) is 5.32 Å². The van der Waals surface area contributed by atoms with E-state index in [1.54, 1.807) is 19.2 Å². The van der Waals surface area contributed by atoms with Gasteiger partial charge < -0.3 is 14.8 Å². The Kier molecular flexibility index (Phi) is 4.80. The maximum absolute atomic E-state index is 12.4. The molecule has 1 aliphatic heterocycles. The Morgan fingerprint density at radius 2 is 2.32 bits per heavy atom. The molecule has 0 radical (unpaired) electrons. The largest absolute Gasteiger partial charge is 0.497 e. The smallest absolute Gasteiger partial charge is 0.174 e. The van der Waals surface area contributed by atoms with Crippen LogP contribution >= 0.6 is 0 Å². The number of ether oxygens (including phenoxy) is 2. The fraction of sp³-hybridized carbons (Fsp3) is 0.533. The predicted molar refractivity (Wildman–Crippen MR) is 74.1 cm³/mol. The average molecular weight is 263 g/mol. The van der Waals surface area contributed by atoms with Gasteiger partial charge in [0.1, 0.15) is 11.5 Å². The average Bonchev–Trinajstić information content (AvgIpc) is 2.45. The summed E-state index contributed by atoms with van der Waals surface area (Å²) < 4.78 is 10.8. The van der Waals surface area contributed by atoms with E-state index >= 15 is 0 Å². The molecule has 19 heavy (non-hydrogen) atoms. The maximum Gasteiger partial charge on any atom is 0.174 e. The lowest BCUT2D eigenvalue weighted by Crippen LogP contribution is -2.36. The van der Waals surface area contributed by atoms with Gasteiger partial charge in [0.15, 0.2) is 5.78 Å². The zero-order valence-electron chi connectivity index (χ0n) is 11.6. The number of methoxy groups -OCH3 is 1. The fourth-order valence-electron chi connectivity index (χ4n) is 2.17. The van der Waals surface area contributed by atoms with Gasteiger partial charge in [-0.1, -0.05) is 13.3 Å². The Bertz CT molecular complexity index is 445. The molecule has 0 aromatic heterocycles. The van der Waals surface area contributed by atoms with E-state index in [1.807, 2.05) is 6.07 Å². The molecule has 104 valence electrons. The van der Waals surface area contributed by atoms with Crippen molar-refractivity contribution in [2.75, 3.05) is 26.8 Å². The molecule has 1 aromatic rings. The number of fused-ring (bicyclic) bond motifs is 1. The van der Waals surface area contributed by atoms with Gasteiger partial charge in [0, 0.05) is 6.54 Å². The van der Waals surface area contributed by atoms with Crippen molar-refractivity contribution in [3.8, 4) is 11.5 Å². The first-order chi connectivity index (χ1) is 9.26. The first-order valence-corrected chi connectivity index (χ1v) is 6.82. The Morgan fingerprint density at radius 1 is 1.47 bits per heavy atom. The molecule has 1 aliphatic rings. The number of rotatable bonds is 6. The third-order valence-electron chi connectivity index (χ3n) is 3.36. The summed E-state index contributed by atoms with van der Waals surface area (Å²) in [6, 6.07) is 5.37. The van der Waals surface area contributed by atoms with Crippen LogP contribution in [-0.2, 0) is 0 Å². The highest BCUT2D eigenvalue weighted by Crippen LogP contribution is 2.30. The number of carbonyl (C=O) groups is 1. The second kappa shape index (κ2) is 6.57. The van der Waals surface area contributed by atoms with Crippen LogP contribution < -0.4 is 14.8 Å². The highest BCUT2D eigenvalue weighted by atomic mass is 16.5. The molecular weight excluding hydrogens is 242 g/mol. The van der Waals surface area contributed by atoms with Crippen LogP contribution in [-0.4, -0.2) is 32.6 Å². The molecule has 1 heterocycles. The number of carbonyl (C=O) groups excluding carboxylic acids is 1. The summed E-state index contributed by atoms with van der Waals surface area (Å²) in [5, 5.41) is 3.31.